The Morgan fingerprint density at radius 1 is 1.17 bits per heavy atom. The van der Waals surface area contributed by atoms with E-state index in [4.69, 9.17) is 10.5 Å². The van der Waals surface area contributed by atoms with Crippen molar-refractivity contribution in [3.63, 3.8) is 0 Å². The van der Waals surface area contributed by atoms with Crippen LogP contribution in [0.4, 0.5) is 0 Å². The number of nitrogens with zero attached hydrogens (tertiary/aromatic N) is 1. The maximum absolute atomic E-state index is 5.77. The summed E-state index contributed by atoms with van der Waals surface area (Å²) >= 11 is 0. The van der Waals surface area contributed by atoms with E-state index < -0.39 is 0 Å². The number of ether oxygens (including phenoxy) is 1. The van der Waals surface area contributed by atoms with Crippen molar-refractivity contribution < 1.29 is 4.74 Å². The smallest absolute Gasteiger partial charge is 0.0678 e. The largest absolute Gasteiger partial charge is 0.373 e. The van der Waals surface area contributed by atoms with E-state index in [-0.39, 0.29) is 0 Å². The van der Waals surface area contributed by atoms with Crippen LogP contribution in [-0.2, 0) is 17.7 Å². The summed E-state index contributed by atoms with van der Waals surface area (Å²) in [6.07, 6.45) is 1.77. The number of benzene rings is 1. The van der Waals surface area contributed by atoms with Crippen LogP contribution in [0.5, 0.6) is 0 Å². The third-order valence-corrected chi connectivity index (χ3v) is 3.53. The molecule has 3 heteroatoms. The number of nitrogens with two attached hydrogens (primary N) is 1. The van der Waals surface area contributed by atoms with Gasteiger partial charge in [0.1, 0.15) is 0 Å². The van der Waals surface area contributed by atoms with Gasteiger partial charge in [0.15, 0.2) is 0 Å². The Labute approximate surface area is 110 Å². The molecule has 0 amide bonds. The van der Waals surface area contributed by atoms with Gasteiger partial charge in [-0.05, 0) is 31.4 Å². The monoisotopic (exact) mass is 248 g/mol. The van der Waals surface area contributed by atoms with Crippen LogP contribution in [-0.4, -0.2) is 36.7 Å². The van der Waals surface area contributed by atoms with Gasteiger partial charge in [-0.15, -0.1) is 0 Å². The fourth-order valence-corrected chi connectivity index (χ4v) is 2.75. The van der Waals surface area contributed by atoms with Gasteiger partial charge in [0.25, 0.3) is 0 Å². The first-order valence-electron chi connectivity index (χ1n) is 6.83. The van der Waals surface area contributed by atoms with Gasteiger partial charge in [0.05, 0.1) is 12.2 Å². The molecular weight excluding hydrogens is 224 g/mol. The molecule has 0 bridgehead atoms. The molecule has 1 fully saturated rings. The molecule has 0 spiro atoms. The molecule has 18 heavy (non-hydrogen) atoms. The van der Waals surface area contributed by atoms with Gasteiger partial charge < -0.3 is 10.5 Å². The minimum Gasteiger partial charge on any atom is -0.373 e. The number of rotatable bonds is 4. The highest BCUT2D eigenvalue weighted by atomic mass is 16.5. The molecule has 3 nitrogen and oxygen atoms in total. The van der Waals surface area contributed by atoms with Crippen molar-refractivity contribution in [3.8, 4) is 0 Å². The van der Waals surface area contributed by atoms with E-state index >= 15 is 0 Å². The molecule has 1 aromatic rings. The highest BCUT2D eigenvalue weighted by Gasteiger charge is 2.21. The van der Waals surface area contributed by atoms with Crippen LogP contribution in [0.25, 0.3) is 0 Å². The molecule has 0 aromatic heterocycles. The van der Waals surface area contributed by atoms with E-state index in [1.54, 1.807) is 0 Å². The lowest BCUT2D eigenvalue weighted by molar-refractivity contribution is -0.0675. The Kier molecular flexibility index (Phi) is 4.75. The maximum atomic E-state index is 5.77. The van der Waals surface area contributed by atoms with Crippen molar-refractivity contribution in [2.24, 2.45) is 5.73 Å². The summed E-state index contributed by atoms with van der Waals surface area (Å²) < 4.78 is 5.75. The molecule has 1 heterocycles. The molecule has 100 valence electrons. The Morgan fingerprint density at radius 3 is 2.39 bits per heavy atom. The molecule has 2 atom stereocenters. The highest BCUT2D eigenvalue weighted by Crippen LogP contribution is 2.13. The van der Waals surface area contributed by atoms with Gasteiger partial charge in [-0.25, -0.2) is 0 Å². The zero-order chi connectivity index (χ0) is 13.0. The van der Waals surface area contributed by atoms with Crippen molar-refractivity contribution in [1.82, 2.24) is 4.90 Å². The van der Waals surface area contributed by atoms with Gasteiger partial charge in [0.2, 0.25) is 0 Å². The predicted octanol–water partition coefficient (Wildman–Crippen LogP) is 1.80. The zero-order valence-corrected chi connectivity index (χ0v) is 11.4. The van der Waals surface area contributed by atoms with Crippen LogP contribution >= 0.6 is 0 Å². The second-order valence-corrected chi connectivity index (χ2v) is 5.24. The van der Waals surface area contributed by atoms with Crippen LogP contribution in [0.3, 0.4) is 0 Å². The normalized spacial score (nSPS) is 25.3. The maximum Gasteiger partial charge on any atom is 0.0678 e. The van der Waals surface area contributed by atoms with E-state index in [2.05, 4.69) is 43.0 Å². The van der Waals surface area contributed by atoms with E-state index in [9.17, 15) is 0 Å². The number of morpholine rings is 1. The standard InChI is InChI=1S/C15H24N2O/c1-12-10-17(11-13(2)18-12)8-7-14-5-3-4-6-15(14)9-16/h3-6,12-13H,7-11,16H2,1-2H3/t12-,13+. The third-order valence-electron chi connectivity index (χ3n) is 3.53. The minimum absolute atomic E-state index is 0.346. The summed E-state index contributed by atoms with van der Waals surface area (Å²) in [6, 6.07) is 8.47. The van der Waals surface area contributed by atoms with Crippen molar-refractivity contribution in [2.45, 2.75) is 39.0 Å². The van der Waals surface area contributed by atoms with E-state index in [1.807, 2.05) is 0 Å². The molecule has 2 N–H and O–H groups in total. The van der Waals surface area contributed by atoms with Crippen molar-refractivity contribution in [1.29, 1.82) is 0 Å². The molecule has 2 rings (SSSR count). The van der Waals surface area contributed by atoms with Crippen LogP contribution in [0.2, 0.25) is 0 Å². The van der Waals surface area contributed by atoms with E-state index in [1.165, 1.54) is 11.1 Å². The summed E-state index contributed by atoms with van der Waals surface area (Å²) in [7, 11) is 0. The Hall–Kier alpha value is -0.900. The minimum atomic E-state index is 0.346. The molecule has 1 aliphatic heterocycles. The summed E-state index contributed by atoms with van der Waals surface area (Å²) in [5.74, 6) is 0. The molecular formula is C15H24N2O. The van der Waals surface area contributed by atoms with Crippen LogP contribution in [0, 0.1) is 0 Å². The highest BCUT2D eigenvalue weighted by molar-refractivity contribution is 5.27. The first-order valence-corrected chi connectivity index (χ1v) is 6.83. The number of hydrogen-bond acceptors (Lipinski definition) is 3. The number of hydrogen-bond donors (Lipinski definition) is 1. The SMILES string of the molecule is C[C@@H]1CN(CCc2ccccc2CN)C[C@H](C)O1. The molecule has 0 radical (unpaired) electrons. The van der Waals surface area contributed by atoms with Crippen molar-refractivity contribution in [3.05, 3.63) is 35.4 Å². The van der Waals surface area contributed by atoms with Crippen molar-refractivity contribution >= 4 is 0 Å². The van der Waals surface area contributed by atoms with Crippen LogP contribution in [0.15, 0.2) is 24.3 Å². The van der Waals surface area contributed by atoms with Crippen LogP contribution in [0.1, 0.15) is 25.0 Å². The summed E-state index contributed by atoms with van der Waals surface area (Å²) in [5, 5.41) is 0. The summed E-state index contributed by atoms with van der Waals surface area (Å²) in [4.78, 5) is 2.49. The lowest BCUT2D eigenvalue weighted by atomic mass is 10.0. The van der Waals surface area contributed by atoms with Gasteiger partial charge in [0, 0.05) is 26.2 Å². The Morgan fingerprint density at radius 2 is 1.78 bits per heavy atom. The summed E-state index contributed by atoms with van der Waals surface area (Å²) in [6.45, 7) is 8.10. The zero-order valence-electron chi connectivity index (χ0n) is 11.4. The molecule has 0 aliphatic carbocycles. The summed E-state index contributed by atoms with van der Waals surface area (Å²) in [5.41, 5.74) is 8.42. The van der Waals surface area contributed by atoms with Gasteiger partial charge >= 0.3 is 0 Å². The molecule has 1 aromatic carbocycles. The van der Waals surface area contributed by atoms with Gasteiger partial charge in [-0.1, -0.05) is 24.3 Å². The van der Waals surface area contributed by atoms with Crippen LogP contribution < -0.4 is 5.73 Å². The molecule has 1 saturated heterocycles. The van der Waals surface area contributed by atoms with Gasteiger partial charge in [-0.3, -0.25) is 4.90 Å². The van der Waals surface area contributed by atoms with E-state index in [0.29, 0.717) is 18.8 Å². The fourth-order valence-electron chi connectivity index (χ4n) is 2.75. The molecule has 0 saturated carbocycles. The van der Waals surface area contributed by atoms with E-state index in [0.717, 1.165) is 26.1 Å². The third kappa shape index (κ3) is 3.55. The first kappa shape index (κ1) is 13.5. The quantitative estimate of drug-likeness (QED) is 0.883. The molecule has 0 unspecified atom stereocenters. The van der Waals surface area contributed by atoms with Crippen molar-refractivity contribution in [2.75, 3.05) is 19.6 Å². The lowest BCUT2D eigenvalue weighted by Crippen LogP contribution is -2.46. The lowest BCUT2D eigenvalue weighted by Gasteiger charge is -2.35. The second-order valence-electron chi connectivity index (χ2n) is 5.24. The second kappa shape index (κ2) is 6.32. The average Bonchev–Trinajstić information content (AvgIpc) is 2.35. The first-order chi connectivity index (χ1) is 8.69. The topological polar surface area (TPSA) is 38.5 Å². The Balaban J connectivity index is 1.91. The average molecular weight is 248 g/mol. The van der Waals surface area contributed by atoms with Gasteiger partial charge in [-0.2, -0.15) is 0 Å². The molecule has 1 aliphatic rings. The Bertz CT molecular complexity index is 371. The fraction of sp³-hybridized carbons (Fsp3) is 0.600. The predicted molar refractivity (Wildman–Crippen MR) is 74.5 cm³/mol.